The van der Waals surface area contributed by atoms with Crippen molar-refractivity contribution in [3.63, 3.8) is 0 Å². The largest absolute Gasteiger partial charge is 0.325 e. The Morgan fingerprint density at radius 1 is 1.00 bits per heavy atom. The molecule has 0 saturated heterocycles. The summed E-state index contributed by atoms with van der Waals surface area (Å²) in [6, 6.07) is 0. The molecule has 1 aromatic heterocycles. The molecule has 3 heteroatoms. The maximum Gasteiger partial charge on any atom is 0.0754 e. The van der Waals surface area contributed by atoms with Crippen molar-refractivity contribution in [2.45, 2.75) is 27.3 Å². The van der Waals surface area contributed by atoms with Crippen LogP contribution in [0.5, 0.6) is 0 Å². The number of aryl methyl sites for hydroxylation is 3. The molecule has 0 unspecified atom stereocenters. The Bertz CT molecular complexity index is 268. The SMILES string of the molecule is Cc1nc(C)c(CN)nc1C. The Kier molecular flexibility index (Phi) is 2.19. The van der Waals surface area contributed by atoms with E-state index >= 15 is 0 Å². The fourth-order valence-electron chi connectivity index (χ4n) is 0.955. The summed E-state index contributed by atoms with van der Waals surface area (Å²) in [4.78, 5) is 8.60. The molecule has 0 saturated carbocycles. The van der Waals surface area contributed by atoms with Crippen molar-refractivity contribution in [3.05, 3.63) is 22.8 Å². The predicted octanol–water partition coefficient (Wildman–Crippen LogP) is 0.861. The zero-order valence-electron chi connectivity index (χ0n) is 7.18. The topological polar surface area (TPSA) is 51.8 Å². The predicted molar refractivity (Wildman–Crippen MR) is 44.1 cm³/mol. The summed E-state index contributed by atoms with van der Waals surface area (Å²) >= 11 is 0. The Hall–Kier alpha value is -0.960. The minimum absolute atomic E-state index is 0.472. The van der Waals surface area contributed by atoms with Gasteiger partial charge in [-0.25, -0.2) is 0 Å². The van der Waals surface area contributed by atoms with Crippen molar-refractivity contribution in [1.82, 2.24) is 9.97 Å². The van der Waals surface area contributed by atoms with Gasteiger partial charge in [-0.15, -0.1) is 0 Å². The number of hydrogen-bond donors (Lipinski definition) is 1. The van der Waals surface area contributed by atoms with Crippen molar-refractivity contribution in [3.8, 4) is 0 Å². The fourth-order valence-corrected chi connectivity index (χ4v) is 0.955. The zero-order chi connectivity index (χ0) is 8.43. The number of nitrogens with two attached hydrogens (primary N) is 1. The Morgan fingerprint density at radius 2 is 1.55 bits per heavy atom. The molecule has 0 aliphatic heterocycles. The molecule has 1 heterocycles. The second-order valence-corrected chi connectivity index (χ2v) is 2.63. The minimum Gasteiger partial charge on any atom is -0.325 e. The summed E-state index contributed by atoms with van der Waals surface area (Å²) in [5.41, 5.74) is 9.26. The third-order valence-corrected chi connectivity index (χ3v) is 1.77. The smallest absolute Gasteiger partial charge is 0.0754 e. The molecule has 0 atom stereocenters. The first kappa shape index (κ1) is 8.14. The number of aromatic nitrogens is 2. The van der Waals surface area contributed by atoms with Crippen LogP contribution in [0.3, 0.4) is 0 Å². The molecular weight excluding hydrogens is 138 g/mol. The third-order valence-electron chi connectivity index (χ3n) is 1.77. The van der Waals surface area contributed by atoms with Crippen LogP contribution < -0.4 is 5.73 Å². The second-order valence-electron chi connectivity index (χ2n) is 2.63. The van der Waals surface area contributed by atoms with Crippen LogP contribution in [0.15, 0.2) is 0 Å². The standard InChI is InChI=1S/C8H13N3/c1-5-6(2)11-8(4-9)7(3)10-5/h4,9H2,1-3H3. The van der Waals surface area contributed by atoms with Crippen molar-refractivity contribution >= 4 is 0 Å². The van der Waals surface area contributed by atoms with E-state index in [1.165, 1.54) is 0 Å². The molecule has 1 aromatic rings. The Balaban J connectivity index is 3.21. The molecule has 0 radical (unpaired) electrons. The van der Waals surface area contributed by atoms with E-state index in [-0.39, 0.29) is 0 Å². The van der Waals surface area contributed by atoms with Crippen LogP contribution in [0.25, 0.3) is 0 Å². The van der Waals surface area contributed by atoms with Gasteiger partial charge in [0.15, 0.2) is 0 Å². The van der Waals surface area contributed by atoms with Gasteiger partial charge < -0.3 is 5.73 Å². The first-order chi connectivity index (χ1) is 5.15. The Morgan fingerprint density at radius 3 is 2.09 bits per heavy atom. The van der Waals surface area contributed by atoms with E-state index in [0.29, 0.717) is 6.54 Å². The Labute approximate surface area is 66.7 Å². The van der Waals surface area contributed by atoms with E-state index in [1.807, 2.05) is 20.8 Å². The first-order valence-corrected chi connectivity index (χ1v) is 3.66. The van der Waals surface area contributed by atoms with Gasteiger partial charge in [-0.05, 0) is 20.8 Å². The van der Waals surface area contributed by atoms with Gasteiger partial charge >= 0.3 is 0 Å². The highest BCUT2D eigenvalue weighted by Gasteiger charge is 2.01. The van der Waals surface area contributed by atoms with E-state index in [9.17, 15) is 0 Å². The van der Waals surface area contributed by atoms with Crippen LogP contribution in [0.1, 0.15) is 22.8 Å². The summed E-state index contributed by atoms with van der Waals surface area (Å²) < 4.78 is 0. The van der Waals surface area contributed by atoms with E-state index in [0.717, 1.165) is 22.8 Å². The zero-order valence-corrected chi connectivity index (χ0v) is 7.18. The van der Waals surface area contributed by atoms with Crippen molar-refractivity contribution in [1.29, 1.82) is 0 Å². The lowest BCUT2D eigenvalue weighted by Crippen LogP contribution is -2.07. The highest BCUT2D eigenvalue weighted by Crippen LogP contribution is 2.05. The molecular formula is C8H13N3. The summed E-state index contributed by atoms with van der Waals surface area (Å²) in [6.45, 7) is 6.30. The van der Waals surface area contributed by atoms with E-state index in [1.54, 1.807) is 0 Å². The fraction of sp³-hybridized carbons (Fsp3) is 0.500. The highest BCUT2D eigenvalue weighted by molar-refractivity contribution is 5.17. The lowest BCUT2D eigenvalue weighted by molar-refractivity contribution is 0.886. The molecule has 0 aliphatic rings. The summed E-state index contributed by atoms with van der Waals surface area (Å²) in [5, 5.41) is 0. The quantitative estimate of drug-likeness (QED) is 0.647. The van der Waals surface area contributed by atoms with Gasteiger partial charge in [-0.3, -0.25) is 9.97 Å². The van der Waals surface area contributed by atoms with Crippen LogP contribution in [0.2, 0.25) is 0 Å². The molecule has 0 bridgehead atoms. The highest BCUT2D eigenvalue weighted by atomic mass is 14.8. The van der Waals surface area contributed by atoms with E-state index in [2.05, 4.69) is 9.97 Å². The first-order valence-electron chi connectivity index (χ1n) is 3.66. The van der Waals surface area contributed by atoms with Crippen molar-refractivity contribution in [2.24, 2.45) is 5.73 Å². The van der Waals surface area contributed by atoms with Crippen LogP contribution >= 0.6 is 0 Å². The van der Waals surface area contributed by atoms with Gasteiger partial charge in [-0.1, -0.05) is 0 Å². The summed E-state index contributed by atoms with van der Waals surface area (Å²) in [5.74, 6) is 0. The molecule has 3 nitrogen and oxygen atoms in total. The van der Waals surface area contributed by atoms with Gasteiger partial charge in [-0.2, -0.15) is 0 Å². The van der Waals surface area contributed by atoms with Crippen LogP contribution in [0.4, 0.5) is 0 Å². The third kappa shape index (κ3) is 1.54. The summed E-state index contributed by atoms with van der Waals surface area (Å²) in [7, 11) is 0. The maximum absolute atomic E-state index is 5.47. The summed E-state index contributed by atoms with van der Waals surface area (Å²) in [6.07, 6.45) is 0. The lowest BCUT2D eigenvalue weighted by atomic mass is 10.2. The number of rotatable bonds is 1. The van der Waals surface area contributed by atoms with Crippen molar-refractivity contribution in [2.75, 3.05) is 0 Å². The molecule has 0 fully saturated rings. The van der Waals surface area contributed by atoms with Crippen LogP contribution in [0, 0.1) is 20.8 Å². The van der Waals surface area contributed by atoms with Gasteiger partial charge in [0, 0.05) is 6.54 Å². The van der Waals surface area contributed by atoms with Gasteiger partial charge in [0.25, 0.3) is 0 Å². The molecule has 1 rings (SSSR count). The average molecular weight is 151 g/mol. The second kappa shape index (κ2) is 2.96. The molecule has 0 aromatic carbocycles. The number of nitrogens with zero attached hydrogens (tertiary/aromatic N) is 2. The van der Waals surface area contributed by atoms with Gasteiger partial charge in [0.2, 0.25) is 0 Å². The van der Waals surface area contributed by atoms with Gasteiger partial charge in [0.1, 0.15) is 0 Å². The maximum atomic E-state index is 5.47. The number of hydrogen-bond acceptors (Lipinski definition) is 3. The molecule has 2 N–H and O–H groups in total. The molecule has 11 heavy (non-hydrogen) atoms. The molecule has 60 valence electrons. The van der Waals surface area contributed by atoms with E-state index < -0.39 is 0 Å². The van der Waals surface area contributed by atoms with Gasteiger partial charge in [0.05, 0.1) is 22.8 Å². The lowest BCUT2D eigenvalue weighted by Gasteiger charge is -2.04. The molecule has 0 spiro atoms. The normalized spacial score (nSPS) is 10.2. The minimum atomic E-state index is 0.472. The van der Waals surface area contributed by atoms with Crippen LogP contribution in [-0.4, -0.2) is 9.97 Å². The monoisotopic (exact) mass is 151 g/mol. The van der Waals surface area contributed by atoms with E-state index in [4.69, 9.17) is 5.73 Å². The molecule has 0 aliphatic carbocycles. The molecule has 0 amide bonds. The van der Waals surface area contributed by atoms with Crippen LogP contribution in [-0.2, 0) is 6.54 Å². The average Bonchev–Trinajstić information content (AvgIpc) is 1.97. The van der Waals surface area contributed by atoms with Crippen molar-refractivity contribution < 1.29 is 0 Å².